The summed E-state index contributed by atoms with van der Waals surface area (Å²) in [4.78, 5) is 2.65. The lowest BCUT2D eigenvalue weighted by Gasteiger charge is -2.39. The van der Waals surface area contributed by atoms with Gasteiger partial charge in [-0.05, 0) is 51.6 Å². The molecule has 0 spiro atoms. The Balaban J connectivity index is 1.89. The molecule has 21 heavy (non-hydrogen) atoms. The molecular formula is C18H36N2O. The average Bonchev–Trinajstić information content (AvgIpc) is 2.47. The molecular weight excluding hydrogens is 260 g/mol. The van der Waals surface area contributed by atoms with Crippen LogP contribution < -0.4 is 5.32 Å². The molecule has 0 aromatic heterocycles. The van der Waals surface area contributed by atoms with Crippen LogP contribution in [-0.4, -0.2) is 50.3 Å². The summed E-state index contributed by atoms with van der Waals surface area (Å²) in [6.07, 6.45) is 12.2. The van der Waals surface area contributed by atoms with Crippen LogP contribution in [0.1, 0.15) is 64.7 Å². The predicted octanol–water partition coefficient (Wildman–Crippen LogP) is 3.44. The summed E-state index contributed by atoms with van der Waals surface area (Å²) in [5.74, 6) is 0.751. The van der Waals surface area contributed by atoms with E-state index in [9.17, 15) is 0 Å². The molecule has 1 aliphatic heterocycles. The second-order valence-electron chi connectivity index (χ2n) is 7.14. The van der Waals surface area contributed by atoms with Gasteiger partial charge in [-0.3, -0.25) is 0 Å². The average molecular weight is 296 g/mol. The van der Waals surface area contributed by atoms with Crippen LogP contribution >= 0.6 is 0 Å². The molecule has 0 amide bonds. The van der Waals surface area contributed by atoms with E-state index in [1.165, 1.54) is 70.9 Å². The van der Waals surface area contributed by atoms with Gasteiger partial charge in [-0.15, -0.1) is 0 Å². The molecule has 2 aliphatic rings. The Morgan fingerprint density at radius 3 is 2.57 bits per heavy atom. The summed E-state index contributed by atoms with van der Waals surface area (Å²) in [6, 6.07) is 1.42. The minimum Gasteiger partial charge on any atom is -0.381 e. The molecule has 2 fully saturated rings. The maximum absolute atomic E-state index is 5.66. The summed E-state index contributed by atoms with van der Waals surface area (Å²) in [6.45, 7) is 6.61. The molecule has 3 atom stereocenters. The molecule has 3 unspecified atom stereocenters. The number of rotatable bonds is 6. The van der Waals surface area contributed by atoms with Gasteiger partial charge in [0.2, 0.25) is 0 Å². The fourth-order valence-corrected chi connectivity index (χ4v) is 4.05. The Labute approximate surface area is 131 Å². The van der Waals surface area contributed by atoms with Gasteiger partial charge >= 0.3 is 0 Å². The van der Waals surface area contributed by atoms with Crippen LogP contribution in [-0.2, 0) is 4.74 Å². The topological polar surface area (TPSA) is 24.5 Å². The first-order valence-electron chi connectivity index (χ1n) is 9.32. The molecule has 3 heteroatoms. The van der Waals surface area contributed by atoms with Gasteiger partial charge in [-0.1, -0.05) is 32.6 Å². The van der Waals surface area contributed by atoms with Crippen molar-refractivity contribution in [3.63, 3.8) is 0 Å². The molecule has 1 saturated carbocycles. The third-order valence-electron chi connectivity index (χ3n) is 5.25. The molecule has 1 aliphatic carbocycles. The SMILES string of the molecule is CCCNC1CCCCCCC1N(C)CC1CCCOC1. The van der Waals surface area contributed by atoms with E-state index in [-0.39, 0.29) is 0 Å². The van der Waals surface area contributed by atoms with Crippen molar-refractivity contribution in [1.82, 2.24) is 10.2 Å². The van der Waals surface area contributed by atoms with Crippen molar-refractivity contribution >= 4 is 0 Å². The first kappa shape index (κ1) is 17.2. The largest absolute Gasteiger partial charge is 0.381 e. The van der Waals surface area contributed by atoms with E-state index in [1.54, 1.807) is 0 Å². The maximum Gasteiger partial charge on any atom is 0.0506 e. The first-order valence-corrected chi connectivity index (χ1v) is 9.32. The highest BCUT2D eigenvalue weighted by Crippen LogP contribution is 2.23. The summed E-state index contributed by atoms with van der Waals surface area (Å²) in [7, 11) is 2.35. The highest BCUT2D eigenvalue weighted by Gasteiger charge is 2.27. The fourth-order valence-electron chi connectivity index (χ4n) is 4.05. The molecule has 0 aromatic rings. The molecule has 2 rings (SSSR count). The molecule has 124 valence electrons. The van der Waals surface area contributed by atoms with E-state index >= 15 is 0 Å². The van der Waals surface area contributed by atoms with Crippen molar-refractivity contribution in [2.45, 2.75) is 76.8 Å². The first-order chi connectivity index (χ1) is 10.3. The molecule has 0 aromatic carbocycles. The smallest absolute Gasteiger partial charge is 0.0506 e. The Hall–Kier alpha value is -0.120. The highest BCUT2D eigenvalue weighted by molar-refractivity contribution is 4.86. The highest BCUT2D eigenvalue weighted by atomic mass is 16.5. The van der Waals surface area contributed by atoms with Gasteiger partial charge in [-0.25, -0.2) is 0 Å². The Bertz CT molecular complexity index is 264. The second-order valence-corrected chi connectivity index (χ2v) is 7.14. The van der Waals surface area contributed by atoms with E-state index in [0.29, 0.717) is 6.04 Å². The van der Waals surface area contributed by atoms with Gasteiger partial charge in [0.25, 0.3) is 0 Å². The summed E-state index contributed by atoms with van der Waals surface area (Å²) in [5, 5.41) is 3.83. The van der Waals surface area contributed by atoms with Gasteiger partial charge in [0, 0.05) is 25.2 Å². The number of ether oxygens (including phenoxy) is 1. The molecule has 3 nitrogen and oxygen atoms in total. The lowest BCUT2D eigenvalue weighted by atomic mass is 9.90. The molecule has 1 N–H and O–H groups in total. The molecule has 0 bridgehead atoms. The van der Waals surface area contributed by atoms with Crippen LogP contribution in [0.5, 0.6) is 0 Å². The van der Waals surface area contributed by atoms with E-state index in [0.717, 1.165) is 25.2 Å². The Kier molecular flexibility index (Phi) is 8.05. The molecule has 0 radical (unpaired) electrons. The van der Waals surface area contributed by atoms with Gasteiger partial charge in [0.05, 0.1) is 6.61 Å². The standard InChI is InChI=1S/C18H36N2O/c1-3-12-19-17-10-6-4-5-7-11-18(17)20(2)14-16-9-8-13-21-15-16/h16-19H,3-15H2,1-2H3. The quantitative estimate of drug-likeness (QED) is 0.812. The lowest BCUT2D eigenvalue weighted by molar-refractivity contribution is 0.0308. The zero-order valence-corrected chi connectivity index (χ0v) is 14.3. The number of nitrogens with one attached hydrogen (secondary N) is 1. The van der Waals surface area contributed by atoms with Crippen molar-refractivity contribution in [3.05, 3.63) is 0 Å². The number of hydrogen-bond donors (Lipinski definition) is 1. The zero-order chi connectivity index (χ0) is 14.9. The molecule has 1 heterocycles. The normalized spacial score (nSPS) is 31.9. The van der Waals surface area contributed by atoms with Gasteiger partial charge < -0.3 is 15.0 Å². The van der Waals surface area contributed by atoms with Crippen LogP contribution in [0.2, 0.25) is 0 Å². The van der Waals surface area contributed by atoms with Crippen LogP contribution in [0, 0.1) is 5.92 Å². The number of hydrogen-bond acceptors (Lipinski definition) is 3. The Morgan fingerprint density at radius 1 is 1.05 bits per heavy atom. The van der Waals surface area contributed by atoms with Crippen LogP contribution in [0.25, 0.3) is 0 Å². The third kappa shape index (κ3) is 5.88. The third-order valence-corrected chi connectivity index (χ3v) is 5.25. The maximum atomic E-state index is 5.66. The van der Waals surface area contributed by atoms with E-state index in [4.69, 9.17) is 4.74 Å². The fraction of sp³-hybridized carbons (Fsp3) is 1.00. The van der Waals surface area contributed by atoms with Crippen LogP contribution in [0.3, 0.4) is 0 Å². The predicted molar refractivity (Wildman–Crippen MR) is 89.7 cm³/mol. The number of likely N-dealkylation sites (N-methyl/N-ethyl adjacent to an activating group) is 1. The van der Waals surface area contributed by atoms with Crippen molar-refractivity contribution in [3.8, 4) is 0 Å². The lowest BCUT2D eigenvalue weighted by Crippen LogP contribution is -2.51. The summed E-state index contributed by atoms with van der Waals surface area (Å²) < 4.78 is 5.66. The van der Waals surface area contributed by atoms with E-state index in [2.05, 4.69) is 24.2 Å². The minimum absolute atomic E-state index is 0.694. The van der Waals surface area contributed by atoms with Crippen molar-refractivity contribution in [2.24, 2.45) is 5.92 Å². The van der Waals surface area contributed by atoms with Crippen molar-refractivity contribution in [2.75, 3.05) is 33.4 Å². The second kappa shape index (κ2) is 9.81. The van der Waals surface area contributed by atoms with Gasteiger partial charge in [0.15, 0.2) is 0 Å². The molecule has 1 saturated heterocycles. The van der Waals surface area contributed by atoms with E-state index < -0.39 is 0 Å². The van der Waals surface area contributed by atoms with Crippen LogP contribution in [0.4, 0.5) is 0 Å². The monoisotopic (exact) mass is 296 g/mol. The minimum atomic E-state index is 0.694. The van der Waals surface area contributed by atoms with E-state index in [1.807, 2.05) is 0 Å². The van der Waals surface area contributed by atoms with Crippen molar-refractivity contribution < 1.29 is 4.74 Å². The number of nitrogens with zero attached hydrogens (tertiary/aromatic N) is 1. The van der Waals surface area contributed by atoms with Crippen molar-refractivity contribution in [1.29, 1.82) is 0 Å². The van der Waals surface area contributed by atoms with Gasteiger partial charge in [0.1, 0.15) is 0 Å². The summed E-state index contributed by atoms with van der Waals surface area (Å²) in [5.41, 5.74) is 0. The summed E-state index contributed by atoms with van der Waals surface area (Å²) >= 11 is 0. The zero-order valence-electron chi connectivity index (χ0n) is 14.3. The van der Waals surface area contributed by atoms with Gasteiger partial charge in [-0.2, -0.15) is 0 Å². The van der Waals surface area contributed by atoms with Crippen LogP contribution in [0.15, 0.2) is 0 Å². The Morgan fingerprint density at radius 2 is 1.86 bits per heavy atom.